The number of hydrogen-bond acceptors (Lipinski definition) is 6. The van der Waals surface area contributed by atoms with Gasteiger partial charge in [0.05, 0.1) is 11.2 Å². The van der Waals surface area contributed by atoms with Crippen LogP contribution in [0.5, 0.6) is 0 Å². The van der Waals surface area contributed by atoms with Crippen LogP contribution in [-0.4, -0.2) is 56.0 Å². The lowest BCUT2D eigenvalue weighted by Crippen LogP contribution is -2.42. The lowest BCUT2D eigenvalue weighted by atomic mass is 9.96. The second kappa shape index (κ2) is 10.8. The number of fused-ring (bicyclic) bond motifs is 3. The fraction of sp³-hybridized carbons (Fsp3) is 0.312. The Kier molecular flexibility index (Phi) is 7.03. The second-order valence-electron chi connectivity index (χ2n) is 11.5. The average molecular weight is 553 g/mol. The highest BCUT2D eigenvalue weighted by Gasteiger charge is 2.27. The Balaban J connectivity index is 1.35. The molecule has 0 unspecified atom stereocenters. The van der Waals surface area contributed by atoms with Crippen LogP contribution in [-0.2, 0) is 4.74 Å². The van der Waals surface area contributed by atoms with Gasteiger partial charge in [0.15, 0.2) is 5.82 Å². The smallest absolute Gasteiger partial charge is 0.410 e. The van der Waals surface area contributed by atoms with Crippen LogP contribution in [0, 0.1) is 11.7 Å². The highest BCUT2D eigenvalue weighted by atomic mass is 19.1. The van der Waals surface area contributed by atoms with E-state index in [1.165, 1.54) is 12.1 Å². The zero-order valence-corrected chi connectivity index (χ0v) is 23.5. The molecule has 6 rings (SSSR count). The van der Waals surface area contributed by atoms with E-state index in [0.717, 1.165) is 57.1 Å². The molecule has 1 aliphatic rings. The third-order valence-corrected chi connectivity index (χ3v) is 7.45. The molecule has 5 aromatic rings. The van der Waals surface area contributed by atoms with Gasteiger partial charge in [0.1, 0.15) is 11.4 Å². The number of piperidine rings is 1. The summed E-state index contributed by atoms with van der Waals surface area (Å²) in [5.41, 5.74) is 3.18. The molecule has 8 nitrogen and oxygen atoms in total. The number of carbonyl (C=O) groups excluding carboxylic acids is 1. The number of likely N-dealkylation sites (tertiary alicyclic amines) is 1. The third-order valence-electron chi connectivity index (χ3n) is 7.45. The molecule has 210 valence electrons. The molecule has 1 aliphatic heterocycles. The molecule has 9 heteroatoms. The maximum absolute atomic E-state index is 13.8. The summed E-state index contributed by atoms with van der Waals surface area (Å²) in [4.78, 5) is 23.0. The Labute approximate surface area is 238 Å². The first kappa shape index (κ1) is 26.7. The normalized spacial score (nSPS) is 14.5. The van der Waals surface area contributed by atoms with Crippen molar-refractivity contribution in [2.75, 3.05) is 25.0 Å². The van der Waals surface area contributed by atoms with Crippen molar-refractivity contribution >= 4 is 33.6 Å². The minimum atomic E-state index is -0.505. The fourth-order valence-electron chi connectivity index (χ4n) is 5.41. The van der Waals surface area contributed by atoms with E-state index in [-0.39, 0.29) is 11.9 Å². The topological polar surface area (TPSA) is 85.2 Å². The molecule has 0 atom stereocenters. The maximum Gasteiger partial charge on any atom is 0.410 e. The number of amides is 1. The largest absolute Gasteiger partial charge is 0.444 e. The predicted molar refractivity (Wildman–Crippen MR) is 159 cm³/mol. The van der Waals surface area contributed by atoms with E-state index in [9.17, 15) is 9.18 Å². The Morgan fingerprint density at radius 1 is 1.00 bits per heavy atom. The van der Waals surface area contributed by atoms with Gasteiger partial charge in [-0.3, -0.25) is 9.97 Å². The quantitative estimate of drug-likeness (QED) is 0.257. The van der Waals surface area contributed by atoms with E-state index >= 15 is 0 Å². The number of nitrogens with zero attached hydrogens (tertiary/aromatic N) is 5. The van der Waals surface area contributed by atoms with Crippen molar-refractivity contribution in [3.63, 3.8) is 0 Å². The van der Waals surface area contributed by atoms with Gasteiger partial charge < -0.3 is 15.0 Å². The van der Waals surface area contributed by atoms with Gasteiger partial charge in [0.25, 0.3) is 0 Å². The molecule has 0 aliphatic carbocycles. The molecule has 4 heterocycles. The van der Waals surface area contributed by atoms with Crippen LogP contribution >= 0.6 is 0 Å². The van der Waals surface area contributed by atoms with Gasteiger partial charge in [0, 0.05) is 66.1 Å². The molecular weight excluding hydrogens is 519 g/mol. The monoisotopic (exact) mass is 552 g/mol. The van der Waals surface area contributed by atoms with E-state index in [2.05, 4.69) is 21.4 Å². The number of anilines is 1. The summed E-state index contributed by atoms with van der Waals surface area (Å²) in [6.45, 7) is 7.70. The van der Waals surface area contributed by atoms with Crippen LogP contribution in [0.15, 0.2) is 73.3 Å². The van der Waals surface area contributed by atoms with Gasteiger partial charge in [-0.1, -0.05) is 6.07 Å². The molecule has 1 amide bonds. The third kappa shape index (κ3) is 5.57. The molecule has 2 aromatic carbocycles. The van der Waals surface area contributed by atoms with Crippen LogP contribution in [0.3, 0.4) is 0 Å². The van der Waals surface area contributed by atoms with Crippen molar-refractivity contribution < 1.29 is 13.9 Å². The van der Waals surface area contributed by atoms with Crippen molar-refractivity contribution in [1.82, 2.24) is 24.6 Å². The number of carbonyl (C=O) groups is 1. The number of pyridine rings is 2. The number of ether oxygens (including phenoxy) is 1. The first-order chi connectivity index (χ1) is 19.8. The molecule has 1 fully saturated rings. The van der Waals surface area contributed by atoms with Gasteiger partial charge >= 0.3 is 6.09 Å². The summed E-state index contributed by atoms with van der Waals surface area (Å²) in [7, 11) is 0. The molecule has 3 aromatic heterocycles. The Morgan fingerprint density at radius 3 is 2.46 bits per heavy atom. The van der Waals surface area contributed by atoms with E-state index in [0.29, 0.717) is 25.6 Å². The van der Waals surface area contributed by atoms with Gasteiger partial charge in [-0.2, -0.15) is 0 Å². The van der Waals surface area contributed by atoms with Crippen molar-refractivity contribution in [3.05, 3.63) is 79.1 Å². The molecule has 1 N–H and O–H groups in total. The highest BCUT2D eigenvalue weighted by Crippen LogP contribution is 2.38. The summed E-state index contributed by atoms with van der Waals surface area (Å²) < 4.78 is 21.2. The number of hydrogen-bond donors (Lipinski definition) is 1. The van der Waals surface area contributed by atoms with Crippen molar-refractivity contribution in [2.45, 2.75) is 39.2 Å². The van der Waals surface area contributed by atoms with E-state index in [1.807, 2.05) is 56.0 Å². The first-order valence-corrected chi connectivity index (χ1v) is 13.9. The predicted octanol–water partition coefficient (Wildman–Crippen LogP) is 6.83. The number of benzene rings is 2. The number of aromatic nitrogens is 4. The van der Waals surface area contributed by atoms with Crippen molar-refractivity contribution in [2.24, 2.45) is 5.92 Å². The number of rotatable bonds is 5. The first-order valence-electron chi connectivity index (χ1n) is 13.9. The lowest BCUT2D eigenvalue weighted by Gasteiger charge is -2.33. The van der Waals surface area contributed by atoms with Crippen molar-refractivity contribution in [1.29, 1.82) is 0 Å². The highest BCUT2D eigenvalue weighted by molar-refractivity contribution is 6.15. The van der Waals surface area contributed by atoms with Crippen LogP contribution in [0.2, 0.25) is 0 Å². The SMILES string of the molecule is CC(C)(C)OC(=O)N1CCC(CNc2nn(-c3ccc(F)cc3)c3c2cc(-c2cccnc2)c2cnccc23)CC1. The summed E-state index contributed by atoms with van der Waals surface area (Å²) in [5.74, 6) is 0.833. The van der Waals surface area contributed by atoms with Gasteiger partial charge in [0.2, 0.25) is 0 Å². The Bertz CT molecular complexity index is 1690. The zero-order chi connectivity index (χ0) is 28.6. The van der Waals surface area contributed by atoms with Gasteiger partial charge in [-0.25, -0.2) is 13.9 Å². The zero-order valence-electron chi connectivity index (χ0n) is 23.5. The maximum atomic E-state index is 13.8. The van der Waals surface area contributed by atoms with Gasteiger partial charge in [-0.05, 0) is 87.6 Å². The van der Waals surface area contributed by atoms with Crippen LogP contribution in [0.4, 0.5) is 15.0 Å². The minimum absolute atomic E-state index is 0.253. The Hall–Kier alpha value is -4.53. The van der Waals surface area contributed by atoms with Crippen LogP contribution < -0.4 is 5.32 Å². The average Bonchev–Trinajstić information content (AvgIpc) is 3.34. The molecule has 0 bridgehead atoms. The van der Waals surface area contributed by atoms with Gasteiger partial charge in [-0.15, -0.1) is 5.10 Å². The molecule has 0 spiro atoms. The number of halogens is 1. The number of nitrogens with one attached hydrogen (secondary N) is 1. The molecule has 0 radical (unpaired) electrons. The summed E-state index contributed by atoms with van der Waals surface area (Å²) >= 11 is 0. The van der Waals surface area contributed by atoms with Crippen LogP contribution in [0.1, 0.15) is 33.6 Å². The molecular formula is C32H33FN6O2. The van der Waals surface area contributed by atoms with E-state index in [1.54, 1.807) is 29.4 Å². The lowest BCUT2D eigenvalue weighted by molar-refractivity contribution is 0.0188. The van der Waals surface area contributed by atoms with Crippen LogP contribution in [0.25, 0.3) is 38.5 Å². The Morgan fingerprint density at radius 2 is 1.76 bits per heavy atom. The van der Waals surface area contributed by atoms with E-state index in [4.69, 9.17) is 9.84 Å². The van der Waals surface area contributed by atoms with Crippen molar-refractivity contribution in [3.8, 4) is 16.8 Å². The summed E-state index contributed by atoms with van der Waals surface area (Å²) in [6, 6.07) is 14.5. The minimum Gasteiger partial charge on any atom is -0.444 e. The standard InChI is InChI=1S/C32H33FN6O2/c1-32(2,3)41-31(40)38-15-11-21(12-16-38)18-36-30-27-17-26(22-5-4-13-34-19-22)28-20-35-14-10-25(28)29(27)39(37-30)24-8-6-23(33)7-9-24/h4-10,13-14,17,19-21H,11-12,15-16,18H2,1-3H3,(H,36,37). The van der Waals surface area contributed by atoms with E-state index < -0.39 is 5.60 Å². The molecule has 41 heavy (non-hydrogen) atoms. The fourth-order valence-corrected chi connectivity index (χ4v) is 5.41. The summed E-state index contributed by atoms with van der Waals surface area (Å²) in [5, 5.41) is 11.5. The second-order valence-corrected chi connectivity index (χ2v) is 11.5. The molecule has 1 saturated heterocycles. The summed E-state index contributed by atoms with van der Waals surface area (Å²) in [6.07, 6.45) is 8.75. The molecule has 0 saturated carbocycles.